The van der Waals surface area contributed by atoms with Crippen molar-refractivity contribution in [2.75, 3.05) is 13.2 Å². The average molecular weight is 181 g/mol. The van der Waals surface area contributed by atoms with Gasteiger partial charge in [-0.15, -0.1) is 20.2 Å². The molecule has 0 aromatic heterocycles. The second kappa shape index (κ2) is 5.07. The molecule has 0 saturated heterocycles. The molecule has 0 bridgehead atoms. The van der Waals surface area contributed by atoms with Gasteiger partial charge in [-0.1, -0.05) is 0 Å². The fourth-order valence-corrected chi connectivity index (χ4v) is 0.361. The van der Waals surface area contributed by atoms with Gasteiger partial charge in [0, 0.05) is 0 Å². The lowest BCUT2D eigenvalue weighted by Gasteiger charge is -2.07. The molecule has 0 rings (SSSR count). The first-order chi connectivity index (χ1) is 5.52. The van der Waals surface area contributed by atoms with Crippen LogP contribution in [0.3, 0.4) is 0 Å². The molecular formula is C3H7N3O6. The maximum Gasteiger partial charge on any atom is 0.294 e. The largest absolute Gasteiger partial charge is 0.324 e. The van der Waals surface area contributed by atoms with Gasteiger partial charge in [0.05, 0.1) is 6.04 Å². The zero-order chi connectivity index (χ0) is 9.56. The molecule has 0 saturated carbocycles. The van der Waals surface area contributed by atoms with Gasteiger partial charge >= 0.3 is 0 Å². The van der Waals surface area contributed by atoms with Crippen molar-refractivity contribution in [3.8, 4) is 0 Å². The summed E-state index contributed by atoms with van der Waals surface area (Å²) in [5.41, 5.74) is 5.11. The SMILES string of the molecule is NC(CO[N+](=O)[O-])CO[N+](=O)[O-]. The maximum atomic E-state index is 9.59. The second-order valence-electron chi connectivity index (χ2n) is 1.80. The molecule has 0 amide bonds. The third-order valence-electron chi connectivity index (χ3n) is 0.788. The molecule has 0 spiro atoms. The highest BCUT2D eigenvalue weighted by atomic mass is 17.0. The maximum absolute atomic E-state index is 9.59. The molecule has 0 aliphatic carbocycles. The molecule has 0 heterocycles. The summed E-state index contributed by atoms with van der Waals surface area (Å²) >= 11 is 0. The van der Waals surface area contributed by atoms with Crippen LogP contribution in [-0.4, -0.2) is 29.4 Å². The fraction of sp³-hybridized carbons (Fsp3) is 1.00. The topological polar surface area (TPSA) is 131 Å². The van der Waals surface area contributed by atoms with Crippen LogP contribution in [0.4, 0.5) is 0 Å². The minimum Gasteiger partial charge on any atom is -0.324 e. The average Bonchev–Trinajstić information content (AvgIpc) is 1.96. The predicted octanol–water partition coefficient (Wildman–Crippen LogP) is -1.27. The van der Waals surface area contributed by atoms with E-state index < -0.39 is 29.4 Å². The molecule has 0 aliphatic heterocycles. The van der Waals surface area contributed by atoms with Crippen molar-refractivity contribution >= 4 is 0 Å². The first kappa shape index (κ1) is 10.4. The molecule has 2 N–H and O–H groups in total. The molecule has 0 unspecified atom stereocenters. The van der Waals surface area contributed by atoms with Gasteiger partial charge in [-0.3, -0.25) is 0 Å². The number of rotatable bonds is 6. The summed E-state index contributed by atoms with van der Waals surface area (Å²) in [6.07, 6.45) is 0. The molecule has 70 valence electrons. The lowest BCUT2D eigenvalue weighted by atomic mass is 10.4. The Hall–Kier alpha value is -1.64. The van der Waals surface area contributed by atoms with Crippen LogP contribution in [-0.2, 0) is 9.68 Å². The minimum atomic E-state index is -1.04. The molecule has 0 aromatic rings. The van der Waals surface area contributed by atoms with E-state index in [4.69, 9.17) is 5.73 Å². The van der Waals surface area contributed by atoms with Crippen LogP contribution in [0.25, 0.3) is 0 Å². The Kier molecular flexibility index (Phi) is 4.38. The highest BCUT2D eigenvalue weighted by Gasteiger charge is 2.07. The van der Waals surface area contributed by atoms with Crippen molar-refractivity contribution in [1.82, 2.24) is 0 Å². The lowest BCUT2D eigenvalue weighted by molar-refractivity contribution is -0.766. The van der Waals surface area contributed by atoms with Crippen molar-refractivity contribution in [1.29, 1.82) is 0 Å². The van der Waals surface area contributed by atoms with Crippen LogP contribution in [0.5, 0.6) is 0 Å². The molecule has 0 aromatic carbocycles. The Bertz CT molecular complexity index is 153. The van der Waals surface area contributed by atoms with Crippen LogP contribution in [0.15, 0.2) is 0 Å². The Morgan fingerprint density at radius 1 is 1.17 bits per heavy atom. The molecule has 0 atom stereocenters. The van der Waals surface area contributed by atoms with Gasteiger partial charge in [0.2, 0.25) is 0 Å². The summed E-state index contributed by atoms with van der Waals surface area (Å²) in [5.74, 6) is 0. The summed E-state index contributed by atoms with van der Waals surface area (Å²) < 4.78 is 0. The first-order valence-electron chi connectivity index (χ1n) is 2.82. The summed E-state index contributed by atoms with van der Waals surface area (Å²) in [5, 5.41) is 17.1. The van der Waals surface area contributed by atoms with Crippen molar-refractivity contribution in [3.63, 3.8) is 0 Å². The van der Waals surface area contributed by atoms with Crippen molar-refractivity contribution in [2.24, 2.45) is 5.73 Å². The highest BCUT2D eigenvalue weighted by molar-refractivity contribution is 4.54. The standard InChI is InChI=1S/C3H7N3O6/c4-3(1-11-5(7)8)2-12-6(9)10/h3H,1-2,4H2. The van der Waals surface area contributed by atoms with Gasteiger partial charge in [0.25, 0.3) is 10.2 Å². The molecular weight excluding hydrogens is 174 g/mol. The van der Waals surface area contributed by atoms with E-state index in [0.29, 0.717) is 0 Å². The molecule has 9 nitrogen and oxygen atoms in total. The van der Waals surface area contributed by atoms with Crippen molar-refractivity contribution < 1.29 is 19.8 Å². The third-order valence-corrected chi connectivity index (χ3v) is 0.788. The van der Waals surface area contributed by atoms with E-state index in [1.54, 1.807) is 0 Å². The van der Waals surface area contributed by atoms with Crippen LogP contribution in [0, 0.1) is 20.2 Å². The van der Waals surface area contributed by atoms with E-state index in [9.17, 15) is 20.2 Å². The Labute approximate surface area is 66.3 Å². The van der Waals surface area contributed by atoms with Gasteiger partial charge < -0.3 is 15.4 Å². The smallest absolute Gasteiger partial charge is 0.294 e. The predicted molar refractivity (Wildman–Crippen MR) is 33.9 cm³/mol. The number of hydrogen-bond acceptors (Lipinski definition) is 7. The second-order valence-corrected chi connectivity index (χ2v) is 1.80. The zero-order valence-electron chi connectivity index (χ0n) is 5.91. The van der Waals surface area contributed by atoms with E-state index in [1.165, 1.54) is 0 Å². The Balaban J connectivity index is 3.39. The summed E-state index contributed by atoms with van der Waals surface area (Å²) in [7, 11) is 0. The number of nitrogens with two attached hydrogens (primary N) is 1. The minimum absolute atomic E-state index is 0.430. The van der Waals surface area contributed by atoms with Gasteiger partial charge in [0.1, 0.15) is 13.2 Å². The molecule has 0 fully saturated rings. The van der Waals surface area contributed by atoms with Gasteiger partial charge in [-0.25, -0.2) is 0 Å². The lowest BCUT2D eigenvalue weighted by Crippen LogP contribution is -2.33. The highest BCUT2D eigenvalue weighted by Crippen LogP contribution is 1.84. The number of nitrogens with zero attached hydrogens (tertiary/aromatic N) is 2. The molecule has 9 heteroatoms. The van der Waals surface area contributed by atoms with E-state index in [-0.39, 0.29) is 0 Å². The van der Waals surface area contributed by atoms with Gasteiger partial charge in [-0.05, 0) is 0 Å². The van der Waals surface area contributed by atoms with Crippen LogP contribution in [0.1, 0.15) is 0 Å². The van der Waals surface area contributed by atoms with Crippen LogP contribution >= 0.6 is 0 Å². The van der Waals surface area contributed by atoms with Crippen molar-refractivity contribution in [3.05, 3.63) is 20.2 Å². The van der Waals surface area contributed by atoms with Crippen LogP contribution < -0.4 is 5.73 Å². The zero-order valence-corrected chi connectivity index (χ0v) is 5.91. The Morgan fingerprint density at radius 3 is 1.75 bits per heavy atom. The summed E-state index contributed by atoms with van der Waals surface area (Å²) in [6, 6.07) is -0.888. The number of hydrogen-bond donors (Lipinski definition) is 1. The van der Waals surface area contributed by atoms with Gasteiger partial charge in [0.15, 0.2) is 0 Å². The van der Waals surface area contributed by atoms with Crippen molar-refractivity contribution in [2.45, 2.75) is 6.04 Å². The molecule has 0 radical (unpaired) electrons. The Morgan fingerprint density at radius 2 is 1.50 bits per heavy atom. The van der Waals surface area contributed by atoms with E-state index in [0.717, 1.165) is 0 Å². The normalized spacial score (nSPS) is 9.50. The van der Waals surface area contributed by atoms with Gasteiger partial charge in [-0.2, -0.15) is 0 Å². The first-order valence-corrected chi connectivity index (χ1v) is 2.82. The molecule has 12 heavy (non-hydrogen) atoms. The van der Waals surface area contributed by atoms with E-state index in [1.807, 2.05) is 0 Å². The fourth-order valence-electron chi connectivity index (χ4n) is 0.361. The monoisotopic (exact) mass is 181 g/mol. The van der Waals surface area contributed by atoms with E-state index >= 15 is 0 Å². The van der Waals surface area contributed by atoms with Crippen LogP contribution in [0.2, 0.25) is 0 Å². The third kappa shape index (κ3) is 6.48. The van der Waals surface area contributed by atoms with E-state index in [2.05, 4.69) is 9.68 Å². The molecule has 0 aliphatic rings. The summed E-state index contributed by atoms with van der Waals surface area (Å²) in [4.78, 5) is 26.9. The summed E-state index contributed by atoms with van der Waals surface area (Å²) in [6.45, 7) is -0.859. The quantitative estimate of drug-likeness (QED) is 0.399.